The molecule has 88 valence electrons. The number of carbonyl (C=O) groups excluding carboxylic acids is 1. The number of hydrogen-bond acceptors (Lipinski definition) is 3. The Hall–Kier alpha value is -0.670. The van der Waals surface area contributed by atoms with Crippen LogP contribution in [0.15, 0.2) is 11.4 Å². The van der Waals surface area contributed by atoms with E-state index in [1.807, 2.05) is 18.4 Å². The van der Waals surface area contributed by atoms with Gasteiger partial charge in [-0.25, -0.2) is 0 Å². The molecular weight excluding hydrogens is 218 g/mol. The Morgan fingerprint density at radius 2 is 2.44 bits per heavy atom. The highest BCUT2D eigenvalue weighted by Gasteiger charge is 2.41. The number of nitrogens with one attached hydrogen (secondary N) is 1. The topological polar surface area (TPSA) is 29.1 Å². The molecule has 2 nitrogen and oxygen atoms in total. The number of carbonyl (C=O) groups is 1. The van der Waals surface area contributed by atoms with Gasteiger partial charge < -0.3 is 5.32 Å². The van der Waals surface area contributed by atoms with Gasteiger partial charge in [0.1, 0.15) is 0 Å². The molecule has 1 fully saturated rings. The third kappa shape index (κ3) is 1.94. The van der Waals surface area contributed by atoms with E-state index in [4.69, 9.17) is 0 Å². The van der Waals surface area contributed by atoms with Crippen molar-refractivity contribution in [2.75, 3.05) is 6.54 Å². The lowest BCUT2D eigenvalue weighted by Gasteiger charge is -2.27. The molecule has 0 aromatic carbocycles. The summed E-state index contributed by atoms with van der Waals surface area (Å²) in [6.07, 6.45) is 4.14. The van der Waals surface area contributed by atoms with Gasteiger partial charge >= 0.3 is 0 Å². The lowest BCUT2D eigenvalue weighted by atomic mass is 9.86. The van der Waals surface area contributed by atoms with Gasteiger partial charge in [-0.2, -0.15) is 0 Å². The quantitative estimate of drug-likeness (QED) is 0.815. The summed E-state index contributed by atoms with van der Waals surface area (Å²) >= 11 is 1.58. The van der Waals surface area contributed by atoms with Crippen LogP contribution < -0.4 is 5.32 Å². The molecule has 1 aromatic heterocycles. The van der Waals surface area contributed by atoms with E-state index in [-0.39, 0.29) is 5.54 Å². The predicted molar refractivity (Wildman–Crippen MR) is 68.3 cm³/mol. The Balaban J connectivity index is 2.27. The summed E-state index contributed by atoms with van der Waals surface area (Å²) in [6, 6.07) is 2.03. The molecule has 0 spiro atoms. The van der Waals surface area contributed by atoms with Crippen LogP contribution in [-0.4, -0.2) is 17.9 Å². The van der Waals surface area contributed by atoms with Crippen molar-refractivity contribution in [1.29, 1.82) is 0 Å². The maximum atomic E-state index is 12.6. The second-order valence-electron chi connectivity index (χ2n) is 4.62. The van der Waals surface area contributed by atoms with Crippen LogP contribution in [0, 0.1) is 6.92 Å². The molecule has 1 aromatic rings. The van der Waals surface area contributed by atoms with Crippen LogP contribution in [0.4, 0.5) is 0 Å². The largest absolute Gasteiger partial charge is 0.305 e. The Morgan fingerprint density at radius 3 is 2.94 bits per heavy atom. The van der Waals surface area contributed by atoms with Crippen molar-refractivity contribution >= 4 is 17.1 Å². The molecule has 1 N–H and O–H groups in total. The molecule has 1 unspecified atom stereocenters. The summed E-state index contributed by atoms with van der Waals surface area (Å²) in [5, 5.41) is 5.45. The fraction of sp³-hybridized carbons (Fsp3) is 0.615. The van der Waals surface area contributed by atoms with E-state index in [1.54, 1.807) is 11.3 Å². The second-order valence-corrected chi connectivity index (χ2v) is 5.54. The monoisotopic (exact) mass is 237 g/mol. The van der Waals surface area contributed by atoms with Gasteiger partial charge in [0.25, 0.3) is 0 Å². The van der Waals surface area contributed by atoms with Crippen molar-refractivity contribution in [3.63, 3.8) is 0 Å². The van der Waals surface area contributed by atoms with Crippen molar-refractivity contribution in [3.8, 4) is 0 Å². The average Bonchev–Trinajstić information content (AvgIpc) is 2.87. The van der Waals surface area contributed by atoms with Gasteiger partial charge in [-0.1, -0.05) is 13.3 Å². The second kappa shape index (κ2) is 4.68. The first-order chi connectivity index (χ1) is 7.69. The molecule has 0 bridgehead atoms. The van der Waals surface area contributed by atoms with Crippen LogP contribution in [-0.2, 0) is 0 Å². The van der Waals surface area contributed by atoms with E-state index >= 15 is 0 Å². The van der Waals surface area contributed by atoms with E-state index in [9.17, 15) is 4.79 Å². The van der Waals surface area contributed by atoms with Gasteiger partial charge in [-0.15, -0.1) is 11.3 Å². The van der Waals surface area contributed by atoms with Gasteiger partial charge in [0.15, 0.2) is 5.78 Å². The van der Waals surface area contributed by atoms with Gasteiger partial charge in [0, 0.05) is 0 Å². The zero-order valence-corrected chi connectivity index (χ0v) is 10.8. The third-order valence-electron chi connectivity index (χ3n) is 3.42. The van der Waals surface area contributed by atoms with Crippen molar-refractivity contribution in [1.82, 2.24) is 5.32 Å². The summed E-state index contributed by atoms with van der Waals surface area (Å²) in [5.41, 5.74) is 0.865. The first-order valence-corrected chi connectivity index (χ1v) is 6.91. The maximum Gasteiger partial charge on any atom is 0.193 e. The van der Waals surface area contributed by atoms with E-state index in [2.05, 4.69) is 12.2 Å². The molecular formula is C13H19NOS. The number of thiophene rings is 1. The van der Waals surface area contributed by atoms with Crippen molar-refractivity contribution in [2.45, 2.75) is 45.1 Å². The third-order valence-corrected chi connectivity index (χ3v) is 4.44. The molecule has 2 rings (SSSR count). The molecule has 3 heteroatoms. The molecule has 2 heterocycles. The number of hydrogen-bond donors (Lipinski definition) is 1. The minimum absolute atomic E-state index is 0.260. The van der Waals surface area contributed by atoms with Crippen molar-refractivity contribution in [2.24, 2.45) is 0 Å². The number of Topliss-reactive ketones (excluding diaryl/α,β-unsaturated/α-hetero) is 1. The Morgan fingerprint density at radius 1 is 1.62 bits per heavy atom. The normalized spacial score (nSPS) is 24.9. The first-order valence-electron chi connectivity index (χ1n) is 6.03. The van der Waals surface area contributed by atoms with Gasteiger partial charge in [0.2, 0.25) is 0 Å². The lowest BCUT2D eigenvalue weighted by molar-refractivity contribution is 0.0861. The van der Waals surface area contributed by atoms with Crippen LogP contribution >= 0.6 is 11.3 Å². The zero-order chi connectivity index (χ0) is 11.6. The minimum Gasteiger partial charge on any atom is -0.305 e. The van der Waals surface area contributed by atoms with Gasteiger partial charge in [0.05, 0.1) is 10.4 Å². The molecule has 0 amide bonds. The first kappa shape index (κ1) is 11.8. The van der Waals surface area contributed by atoms with E-state index in [1.165, 1.54) is 0 Å². The lowest BCUT2D eigenvalue weighted by Crippen LogP contribution is -2.47. The number of aryl methyl sites for hydroxylation is 1. The smallest absolute Gasteiger partial charge is 0.193 e. The summed E-state index contributed by atoms with van der Waals surface area (Å²) in [4.78, 5) is 13.5. The Kier molecular flexibility index (Phi) is 3.45. The Labute approximate surface area is 101 Å². The Bertz CT molecular complexity index is 377. The van der Waals surface area contributed by atoms with Gasteiger partial charge in [-0.05, 0) is 49.7 Å². The summed E-state index contributed by atoms with van der Waals surface area (Å²) in [6.45, 7) is 5.16. The molecule has 0 radical (unpaired) electrons. The van der Waals surface area contributed by atoms with E-state index < -0.39 is 0 Å². The number of ketones is 1. The molecule has 0 saturated carbocycles. The molecule has 0 aliphatic carbocycles. The maximum absolute atomic E-state index is 12.6. The highest BCUT2D eigenvalue weighted by Crippen LogP contribution is 2.31. The minimum atomic E-state index is -0.260. The van der Waals surface area contributed by atoms with Crippen LogP contribution in [0.5, 0.6) is 0 Å². The van der Waals surface area contributed by atoms with Crippen LogP contribution in [0.1, 0.15) is 47.8 Å². The van der Waals surface area contributed by atoms with Crippen molar-refractivity contribution in [3.05, 3.63) is 21.9 Å². The van der Waals surface area contributed by atoms with Crippen LogP contribution in [0.25, 0.3) is 0 Å². The zero-order valence-electron chi connectivity index (χ0n) is 10.0. The standard InChI is InChI=1S/C13H19NOS/c1-3-6-13(7-4-8-14-13)12(15)11-10(2)5-9-16-11/h5,9,14H,3-4,6-8H2,1-2H3. The fourth-order valence-electron chi connectivity index (χ4n) is 2.58. The number of rotatable bonds is 4. The molecule has 1 aliphatic rings. The summed E-state index contributed by atoms with van der Waals surface area (Å²) in [7, 11) is 0. The van der Waals surface area contributed by atoms with E-state index in [0.29, 0.717) is 5.78 Å². The average molecular weight is 237 g/mol. The summed E-state index contributed by atoms with van der Waals surface area (Å²) < 4.78 is 0. The van der Waals surface area contributed by atoms with Crippen molar-refractivity contribution < 1.29 is 4.79 Å². The van der Waals surface area contributed by atoms with Crippen LogP contribution in [0.2, 0.25) is 0 Å². The highest BCUT2D eigenvalue weighted by atomic mass is 32.1. The molecule has 1 aliphatic heterocycles. The molecule has 1 atom stereocenters. The van der Waals surface area contributed by atoms with E-state index in [0.717, 1.165) is 42.7 Å². The van der Waals surface area contributed by atoms with Crippen LogP contribution in [0.3, 0.4) is 0 Å². The fourth-order valence-corrected chi connectivity index (χ4v) is 3.54. The SMILES string of the molecule is CCCC1(C(=O)c2sccc2C)CCCN1. The molecule has 16 heavy (non-hydrogen) atoms. The predicted octanol–water partition coefficient (Wildman–Crippen LogP) is 3.16. The molecule has 1 saturated heterocycles. The summed E-state index contributed by atoms with van der Waals surface area (Å²) in [5.74, 6) is 0.319. The van der Waals surface area contributed by atoms with Gasteiger partial charge in [-0.3, -0.25) is 4.79 Å². The highest BCUT2D eigenvalue weighted by molar-refractivity contribution is 7.12.